The molecule has 2 aromatic rings. The SMILES string of the molecule is CCN(Cc1cn2cc(C)ccc2n1)C1CCCNC1. The molecule has 4 nitrogen and oxygen atoms in total. The summed E-state index contributed by atoms with van der Waals surface area (Å²) in [5, 5.41) is 3.50. The first kappa shape index (κ1) is 13.6. The van der Waals surface area contributed by atoms with E-state index < -0.39 is 0 Å². The molecule has 1 N–H and O–H groups in total. The summed E-state index contributed by atoms with van der Waals surface area (Å²) < 4.78 is 2.14. The van der Waals surface area contributed by atoms with Gasteiger partial charge in [-0.2, -0.15) is 0 Å². The Morgan fingerprint density at radius 2 is 2.30 bits per heavy atom. The molecular weight excluding hydrogens is 248 g/mol. The molecule has 1 fully saturated rings. The Morgan fingerprint density at radius 3 is 3.05 bits per heavy atom. The number of fused-ring (bicyclic) bond motifs is 1. The van der Waals surface area contributed by atoms with Crippen LogP contribution in [0.1, 0.15) is 31.0 Å². The lowest BCUT2D eigenvalue weighted by molar-refractivity contribution is 0.164. The smallest absolute Gasteiger partial charge is 0.137 e. The van der Waals surface area contributed by atoms with Gasteiger partial charge in [-0.1, -0.05) is 13.0 Å². The van der Waals surface area contributed by atoms with Crippen LogP contribution >= 0.6 is 0 Å². The number of pyridine rings is 1. The van der Waals surface area contributed by atoms with Gasteiger partial charge in [0.25, 0.3) is 0 Å². The monoisotopic (exact) mass is 272 g/mol. The van der Waals surface area contributed by atoms with Crippen LogP contribution in [-0.2, 0) is 6.54 Å². The number of aromatic nitrogens is 2. The lowest BCUT2D eigenvalue weighted by Crippen LogP contribution is -2.45. The third-order valence-electron chi connectivity index (χ3n) is 4.21. The molecule has 0 amide bonds. The van der Waals surface area contributed by atoms with Gasteiger partial charge < -0.3 is 9.72 Å². The van der Waals surface area contributed by atoms with Gasteiger partial charge in [0.15, 0.2) is 0 Å². The zero-order valence-corrected chi connectivity index (χ0v) is 12.5. The Hall–Kier alpha value is -1.39. The molecule has 1 unspecified atom stereocenters. The van der Waals surface area contributed by atoms with Crippen LogP contribution in [0.4, 0.5) is 0 Å². The Bertz CT molecular complexity index is 569. The van der Waals surface area contributed by atoms with Crippen LogP contribution < -0.4 is 5.32 Å². The van der Waals surface area contributed by atoms with E-state index in [9.17, 15) is 0 Å². The molecule has 1 aliphatic rings. The number of hydrogen-bond acceptors (Lipinski definition) is 3. The highest BCUT2D eigenvalue weighted by Gasteiger charge is 2.20. The van der Waals surface area contributed by atoms with Crippen molar-refractivity contribution < 1.29 is 0 Å². The van der Waals surface area contributed by atoms with Crippen LogP contribution in [0, 0.1) is 6.92 Å². The Labute approximate surface area is 120 Å². The summed E-state index contributed by atoms with van der Waals surface area (Å²) in [6, 6.07) is 4.87. The maximum absolute atomic E-state index is 4.74. The number of nitrogens with zero attached hydrogens (tertiary/aromatic N) is 3. The van der Waals surface area contributed by atoms with Crippen molar-refractivity contribution in [2.75, 3.05) is 19.6 Å². The van der Waals surface area contributed by atoms with E-state index in [-0.39, 0.29) is 0 Å². The molecule has 0 saturated carbocycles. The second-order valence-electron chi connectivity index (χ2n) is 5.77. The molecule has 2 aromatic heterocycles. The fourth-order valence-electron chi connectivity index (χ4n) is 3.08. The molecule has 3 heterocycles. The van der Waals surface area contributed by atoms with E-state index in [1.807, 2.05) is 0 Å². The Morgan fingerprint density at radius 1 is 1.40 bits per heavy atom. The zero-order valence-electron chi connectivity index (χ0n) is 12.5. The predicted octanol–water partition coefficient (Wildman–Crippen LogP) is 2.22. The van der Waals surface area contributed by atoms with Crippen molar-refractivity contribution in [1.29, 1.82) is 0 Å². The molecule has 0 bridgehead atoms. The van der Waals surface area contributed by atoms with Crippen LogP contribution in [0.25, 0.3) is 5.65 Å². The van der Waals surface area contributed by atoms with Gasteiger partial charge in [0.1, 0.15) is 5.65 Å². The average molecular weight is 272 g/mol. The number of imidazole rings is 1. The van der Waals surface area contributed by atoms with Crippen LogP contribution in [0.15, 0.2) is 24.5 Å². The summed E-state index contributed by atoms with van der Waals surface area (Å²) >= 11 is 0. The van der Waals surface area contributed by atoms with E-state index in [1.165, 1.54) is 30.6 Å². The second kappa shape index (κ2) is 5.94. The number of nitrogens with one attached hydrogen (secondary N) is 1. The van der Waals surface area contributed by atoms with E-state index in [1.54, 1.807) is 0 Å². The predicted molar refractivity (Wildman–Crippen MR) is 81.9 cm³/mol. The van der Waals surface area contributed by atoms with Gasteiger partial charge in [0.05, 0.1) is 5.69 Å². The van der Waals surface area contributed by atoms with Crippen LogP contribution in [-0.4, -0.2) is 40.0 Å². The first-order chi connectivity index (χ1) is 9.76. The molecular formula is C16H24N4. The molecule has 108 valence electrons. The molecule has 4 heteroatoms. The fraction of sp³-hybridized carbons (Fsp3) is 0.562. The number of likely N-dealkylation sites (N-methyl/N-ethyl adjacent to an activating group) is 1. The van der Waals surface area contributed by atoms with Crippen molar-refractivity contribution in [3.8, 4) is 0 Å². The minimum atomic E-state index is 0.653. The Balaban J connectivity index is 1.76. The quantitative estimate of drug-likeness (QED) is 0.926. The molecule has 1 atom stereocenters. The maximum atomic E-state index is 4.74. The van der Waals surface area contributed by atoms with Gasteiger partial charge in [0.2, 0.25) is 0 Å². The topological polar surface area (TPSA) is 32.6 Å². The van der Waals surface area contributed by atoms with Gasteiger partial charge in [-0.3, -0.25) is 4.90 Å². The standard InChI is InChI=1S/C16H24N4/c1-3-19(15-5-4-8-17-9-15)11-14-12-20-10-13(2)6-7-16(20)18-14/h6-7,10,12,15,17H,3-5,8-9,11H2,1-2H3. The number of hydrogen-bond donors (Lipinski definition) is 1. The molecule has 1 saturated heterocycles. The van der Waals surface area contributed by atoms with Gasteiger partial charge in [0, 0.05) is 31.5 Å². The van der Waals surface area contributed by atoms with Crippen molar-refractivity contribution in [3.05, 3.63) is 35.8 Å². The number of piperidine rings is 1. The van der Waals surface area contributed by atoms with Crippen LogP contribution in [0.2, 0.25) is 0 Å². The van der Waals surface area contributed by atoms with Crippen molar-refractivity contribution in [2.24, 2.45) is 0 Å². The molecule has 20 heavy (non-hydrogen) atoms. The normalized spacial score (nSPS) is 19.9. The summed E-state index contributed by atoms with van der Waals surface area (Å²) in [5.74, 6) is 0. The molecule has 0 spiro atoms. The summed E-state index contributed by atoms with van der Waals surface area (Å²) in [6.07, 6.45) is 6.89. The average Bonchev–Trinajstić information content (AvgIpc) is 2.87. The van der Waals surface area contributed by atoms with Crippen LogP contribution in [0.3, 0.4) is 0 Å². The molecule has 0 aliphatic carbocycles. The van der Waals surface area contributed by atoms with E-state index in [0.29, 0.717) is 6.04 Å². The summed E-state index contributed by atoms with van der Waals surface area (Å²) in [5.41, 5.74) is 3.48. The molecule has 0 radical (unpaired) electrons. The minimum Gasteiger partial charge on any atom is -0.315 e. The van der Waals surface area contributed by atoms with Gasteiger partial charge in [-0.05, 0) is 44.5 Å². The van der Waals surface area contributed by atoms with Crippen LogP contribution in [0.5, 0.6) is 0 Å². The highest BCUT2D eigenvalue weighted by atomic mass is 15.2. The second-order valence-corrected chi connectivity index (χ2v) is 5.77. The molecule has 1 aliphatic heterocycles. The first-order valence-electron chi connectivity index (χ1n) is 7.65. The molecule has 3 rings (SSSR count). The Kier molecular flexibility index (Phi) is 4.03. The van der Waals surface area contributed by atoms with Crippen molar-refractivity contribution in [2.45, 2.75) is 39.3 Å². The lowest BCUT2D eigenvalue weighted by atomic mass is 10.1. The lowest BCUT2D eigenvalue weighted by Gasteiger charge is -2.33. The molecule has 0 aromatic carbocycles. The number of rotatable bonds is 4. The summed E-state index contributed by atoms with van der Waals surface area (Å²) in [7, 11) is 0. The highest BCUT2D eigenvalue weighted by Crippen LogP contribution is 2.15. The largest absolute Gasteiger partial charge is 0.315 e. The van der Waals surface area contributed by atoms with Crippen molar-refractivity contribution in [3.63, 3.8) is 0 Å². The summed E-state index contributed by atoms with van der Waals surface area (Å²) in [4.78, 5) is 7.28. The highest BCUT2D eigenvalue weighted by molar-refractivity contribution is 5.41. The van der Waals surface area contributed by atoms with Crippen molar-refractivity contribution >= 4 is 5.65 Å². The van der Waals surface area contributed by atoms with Crippen molar-refractivity contribution in [1.82, 2.24) is 19.6 Å². The van der Waals surface area contributed by atoms with Gasteiger partial charge >= 0.3 is 0 Å². The summed E-state index contributed by atoms with van der Waals surface area (Å²) in [6.45, 7) is 8.67. The van der Waals surface area contributed by atoms with Gasteiger partial charge in [-0.15, -0.1) is 0 Å². The first-order valence-corrected chi connectivity index (χ1v) is 7.65. The maximum Gasteiger partial charge on any atom is 0.137 e. The zero-order chi connectivity index (χ0) is 13.9. The van der Waals surface area contributed by atoms with E-state index >= 15 is 0 Å². The van der Waals surface area contributed by atoms with E-state index in [0.717, 1.165) is 25.3 Å². The fourth-order valence-corrected chi connectivity index (χ4v) is 3.08. The third-order valence-corrected chi connectivity index (χ3v) is 4.21. The minimum absolute atomic E-state index is 0.653. The number of aryl methyl sites for hydroxylation is 1. The van der Waals surface area contributed by atoms with Gasteiger partial charge in [-0.25, -0.2) is 4.98 Å². The third kappa shape index (κ3) is 2.86. The van der Waals surface area contributed by atoms with E-state index in [2.05, 4.69) is 53.0 Å². The van der Waals surface area contributed by atoms with E-state index in [4.69, 9.17) is 4.98 Å².